The van der Waals surface area contributed by atoms with E-state index in [1.54, 1.807) is 17.5 Å². The zero-order valence-corrected chi connectivity index (χ0v) is 13.3. The van der Waals surface area contributed by atoms with E-state index >= 15 is 0 Å². The van der Waals surface area contributed by atoms with Crippen LogP contribution in [0.4, 0.5) is 0 Å². The maximum absolute atomic E-state index is 11.6. The van der Waals surface area contributed by atoms with Gasteiger partial charge in [0, 0.05) is 11.3 Å². The molecular weight excluding hydrogens is 310 g/mol. The molecule has 21 heavy (non-hydrogen) atoms. The lowest BCUT2D eigenvalue weighted by molar-refractivity contribution is -0.119. The van der Waals surface area contributed by atoms with Gasteiger partial charge in [-0.1, -0.05) is 11.2 Å². The number of carbonyl (C=O) groups is 2. The van der Waals surface area contributed by atoms with Crippen LogP contribution in [0.2, 0.25) is 0 Å². The molecule has 0 aromatic carbocycles. The Morgan fingerprint density at radius 3 is 2.81 bits per heavy atom. The lowest BCUT2D eigenvalue weighted by Gasteiger charge is -2.06. The van der Waals surface area contributed by atoms with Gasteiger partial charge >= 0.3 is 0 Å². The number of nitrogens with one attached hydrogen (secondary N) is 2. The summed E-state index contributed by atoms with van der Waals surface area (Å²) in [5, 5.41) is 5.66. The van der Waals surface area contributed by atoms with Crippen LogP contribution in [0.25, 0.3) is 0 Å². The first kappa shape index (κ1) is 15.6. The van der Waals surface area contributed by atoms with Gasteiger partial charge in [-0.05, 0) is 25.3 Å². The van der Waals surface area contributed by atoms with Crippen LogP contribution in [0, 0.1) is 13.8 Å². The summed E-state index contributed by atoms with van der Waals surface area (Å²) in [4.78, 5) is 23.8. The van der Waals surface area contributed by atoms with Crippen LogP contribution in [0.5, 0.6) is 0 Å². The van der Waals surface area contributed by atoms with Crippen LogP contribution in [-0.4, -0.2) is 22.7 Å². The van der Waals surface area contributed by atoms with Crippen molar-refractivity contribution in [1.29, 1.82) is 0 Å². The third kappa shape index (κ3) is 4.33. The minimum atomic E-state index is -0.311. The zero-order valence-electron chi connectivity index (χ0n) is 11.6. The zero-order chi connectivity index (χ0) is 15.2. The van der Waals surface area contributed by atoms with E-state index in [0.717, 1.165) is 17.0 Å². The summed E-state index contributed by atoms with van der Waals surface area (Å²) in [7, 11) is 0. The molecule has 0 unspecified atom stereocenters. The number of carbonyl (C=O) groups excluding carboxylic acids is 2. The first-order chi connectivity index (χ1) is 10.1. The summed E-state index contributed by atoms with van der Waals surface area (Å²) >= 11 is 2.75. The number of hydrogen-bond donors (Lipinski definition) is 2. The summed E-state index contributed by atoms with van der Waals surface area (Å²) in [5.74, 6) is 1.10. The molecular formula is C13H15N3O3S2. The van der Waals surface area contributed by atoms with E-state index in [0.29, 0.717) is 10.6 Å². The van der Waals surface area contributed by atoms with E-state index in [9.17, 15) is 9.59 Å². The minimum absolute atomic E-state index is 0.245. The van der Waals surface area contributed by atoms with Gasteiger partial charge in [0.2, 0.25) is 5.91 Å². The van der Waals surface area contributed by atoms with Gasteiger partial charge in [-0.3, -0.25) is 20.4 Å². The second kappa shape index (κ2) is 7.28. The highest BCUT2D eigenvalue weighted by Crippen LogP contribution is 2.19. The van der Waals surface area contributed by atoms with Crippen molar-refractivity contribution < 1.29 is 14.1 Å². The van der Waals surface area contributed by atoms with Gasteiger partial charge in [-0.2, -0.15) is 0 Å². The average Bonchev–Trinajstić information content (AvgIpc) is 3.09. The molecule has 2 aromatic rings. The number of thioether (sulfide) groups is 1. The molecule has 2 rings (SSSR count). The molecule has 2 N–H and O–H groups in total. The molecule has 2 amide bonds. The maximum Gasteiger partial charge on any atom is 0.279 e. The molecule has 0 atom stereocenters. The van der Waals surface area contributed by atoms with E-state index in [2.05, 4.69) is 16.0 Å². The highest BCUT2D eigenvalue weighted by molar-refractivity contribution is 7.99. The molecule has 8 heteroatoms. The van der Waals surface area contributed by atoms with E-state index in [4.69, 9.17) is 4.52 Å². The van der Waals surface area contributed by atoms with E-state index < -0.39 is 0 Å². The fraction of sp³-hybridized carbons (Fsp3) is 0.308. The Morgan fingerprint density at radius 1 is 1.38 bits per heavy atom. The van der Waals surface area contributed by atoms with Gasteiger partial charge in [-0.15, -0.1) is 23.1 Å². The van der Waals surface area contributed by atoms with Crippen molar-refractivity contribution in [1.82, 2.24) is 16.0 Å². The lowest BCUT2D eigenvalue weighted by atomic mass is 10.2. The van der Waals surface area contributed by atoms with Gasteiger partial charge in [-0.25, -0.2) is 0 Å². The molecule has 0 fully saturated rings. The summed E-state index contributed by atoms with van der Waals surface area (Å²) in [5.41, 5.74) is 6.62. The van der Waals surface area contributed by atoms with Crippen LogP contribution in [0.15, 0.2) is 22.0 Å². The molecule has 0 spiro atoms. The second-order valence-electron chi connectivity index (χ2n) is 4.28. The van der Waals surface area contributed by atoms with Gasteiger partial charge in [0.25, 0.3) is 5.91 Å². The second-order valence-corrected chi connectivity index (χ2v) is 6.21. The van der Waals surface area contributed by atoms with Crippen LogP contribution >= 0.6 is 23.1 Å². The van der Waals surface area contributed by atoms with Gasteiger partial charge in [0.05, 0.1) is 16.3 Å². The molecule has 0 radical (unpaired) electrons. The summed E-state index contributed by atoms with van der Waals surface area (Å²) in [6, 6.07) is 3.47. The lowest BCUT2D eigenvalue weighted by Crippen LogP contribution is -2.42. The molecule has 0 saturated carbocycles. The molecule has 6 nitrogen and oxygen atoms in total. The van der Waals surface area contributed by atoms with Crippen molar-refractivity contribution in [3.8, 4) is 0 Å². The van der Waals surface area contributed by atoms with Crippen molar-refractivity contribution in [3.05, 3.63) is 39.4 Å². The molecule has 112 valence electrons. The van der Waals surface area contributed by atoms with Crippen molar-refractivity contribution in [2.75, 3.05) is 5.75 Å². The number of aromatic nitrogens is 1. The van der Waals surface area contributed by atoms with Crippen molar-refractivity contribution in [2.24, 2.45) is 0 Å². The van der Waals surface area contributed by atoms with E-state index in [1.165, 1.54) is 23.1 Å². The van der Waals surface area contributed by atoms with Crippen LogP contribution in [0.1, 0.15) is 26.7 Å². The first-order valence-electron chi connectivity index (χ1n) is 6.20. The summed E-state index contributed by atoms with van der Waals surface area (Å²) in [6.45, 7) is 3.71. The molecule has 0 aliphatic heterocycles. The minimum Gasteiger partial charge on any atom is -0.361 e. The number of hydrazine groups is 1. The SMILES string of the molecule is Cc1noc(C)c1CSCC(=O)NNC(=O)c1cccs1. The Hall–Kier alpha value is -1.80. The summed E-state index contributed by atoms with van der Waals surface area (Å²) < 4.78 is 5.05. The third-order valence-electron chi connectivity index (χ3n) is 2.72. The average molecular weight is 325 g/mol. The molecule has 0 aliphatic rings. The van der Waals surface area contributed by atoms with E-state index in [1.807, 2.05) is 13.8 Å². The number of hydrogen-bond acceptors (Lipinski definition) is 6. The highest BCUT2D eigenvalue weighted by Gasteiger charge is 2.11. The summed E-state index contributed by atoms with van der Waals surface area (Å²) in [6.07, 6.45) is 0. The monoisotopic (exact) mass is 325 g/mol. The van der Waals surface area contributed by atoms with Crippen molar-refractivity contribution in [2.45, 2.75) is 19.6 Å². The predicted octanol–water partition coefficient (Wildman–Crippen LogP) is 2.05. The predicted molar refractivity (Wildman–Crippen MR) is 82.1 cm³/mol. The Bertz CT molecular complexity index is 603. The van der Waals surface area contributed by atoms with Crippen LogP contribution in [0.3, 0.4) is 0 Å². The van der Waals surface area contributed by atoms with Crippen molar-refractivity contribution >= 4 is 34.9 Å². The quantitative estimate of drug-likeness (QED) is 0.822. The number of aryl methyl sites for hydroxylation is 2. The Labute approximate surface area is 130 Å². The van der Waals surface area contributed by atoms with Crippen LogP contribution < -0.4 is 10.9 Å². The fourth-order valence-corrected chi connectivity index (χ4v) is 3.18. The largest absolute Gasteiger partial charge is 0.361 e. The highest BCUT2D eigenvalue weighted by atomic mass is 32.2. The van der Waals surface area contributed by atoms with Gasteiger partial charge in [0.15, 0.2) is 0 Å². The number of rotatable bonds is 5. The Balaban J connectivity index is 1.69. The standard InChI is InChI=1S/C13H15N3O3S2/c1-8-10(9(2)19-16-8)6-20-7-12(17)14-15-13(18)11-4-3-5-21-11/h3-5H,6-7H2,1-2H3,(H,14,17)(H,15,18). The van der Waals surface area contributed by atoms with Gasteiger partial charge < -0.3 is 4.52 Å². The molecule has 2 aromatic heterocycles. The molecule has 0 saturated heterocycles. The van der Waals surface area contributed by atoms with Crippen molar-refractivity contribution in [3.63, 3.8) is 0 Å². The fourth-order valence-electron chi connectivity index (χ4n) is 1.59. The Kier molecular flexibility index (Phi) is 5.40. The van der Waals surface area contributed by atoms with Gasteiger partial charge in [0.1, 0.15) is 5.76 Å². The molecule has 0 aliphatic carbocycles. The smallest absolute Gasteiger partial charge is 0.279 e. The number of thiophene rings is 1. The Morgan fingerprint density at radius 2 is 2.19 bits per heavy atom. The first-order valence-corrected chi connectivity index (χ1v) is 8.23. The normalized spacial score (nSPS) is 10.4. The molecule has 2 heterocycles. The third-order valence-corrected chi connectivity index (χ3v) is 4.55. The maximum atomic E-state index is 11.6. The topological polar surface area (TPSA) is 84.2 Å². The number of amides is 2. The molecule has 0 bridgehead atoms. The number of nitrogens with zero attached hydrogens (tertiary/aromatic N) is 1. The van der Waals surface area contributed by atoms with Crippen LogP contribution in [-0.2, 0) is 10.5 Å². The van der Waals surface area contributed by atoms with E-state index in [-0.39, 0.29) is 17.6 Å².